The van der Waals surface area contributed by atoms with Crippen LogP contribution in [0.2, 0.25) is 0 Å². The molecule has 0 spiro atoms. The number of hydrogen-bond acceptors (Lipinski definition) is 4. The van der Waals surface area contributed by atoms with E-state index in [2.05, 4.69) is 15.4 Å². The first-order chi connectivity index (χ1) is 12.3. The van der Waals surface area contributed by atoms with Crippen LogP contribution in [0.15, 0.2) is 53.7 Å². The van der Waals surface area contributed by atoms with Crippen molar-refractivity contribution in [2.75, 3.05) is 5.75 Å². The van der Waals surface area contributed by atoms with E-state index in [0.29, 0.717) is 11.8 Å². The molecule has 0 aliphatic heterocycles. The normalized spacial score (nSPS) is 14.9. The molecule has 1 fully saturated rings. The first-order valence-electron chi connectivity index (χ1n) is 8.62. The quantitative estimate of drug-likeness (QED) is 0.714. The Kier molecular flexibility index (Phi) is 4.70. The molecule has 1 aliphatic carbocycles. The van der Waals surface area contributed by atoms with Crippen LogP contribution in [0.1, 0.15) is 25.7 Å². The van der Waals surface area contributed by atoms with Crippen molar-refractivity contribution in [3.8, 4) is 11.3 Å². The summed E-state index contributed by atoms with van der Waals surface area (Å²) in [4.78, 5) is 16.6. The minimum atomic E-state index is 0.0920. The highest BCUT2D eigenvalue weighted by Crippen LogP contribution is 2.21. The molecule has 1 aromatic carbocycles. The minimum Gasteiger partial charge on any atom is -0.353 e. The Morgan fingerprint density at radius 1 is 1.16 bits per heavy atom. The summed E-state index contributed by atoms with van der Waals surface area (Å²) in [6.07, 6.45) is 6.59. The molecular weight excluding hydrogens is 332 g/mol. The fourth-order valence-corrected chi connectivity index (χ4v) is 3.84. The molecular formula is C19H20N4OS. The van der Waals surface area contributed by atoms with Crippen LogP contribution in [0.25, 0.3) is 16.9 Å². The minimum absolute atomic E-state index is 0.0920. The summed E-state index contributed by atoms with van der Waals surface area (Å²) >= 11 is 1.46. The van der Waals surface area contributed by atoms with E-state index in [1.54, 1.807) is 4.52 Å². The summed E-state index contributed by atoms with van der Waals surface area (Å²) in [6, 6.07) is 14.3. The van der Waals surface area contributed by atoms with Crippen LogP contribution in [-0.4, -0.2) is 32.3 Å². The van der Waals surface area contributed by atoms with Crippen LogP contribution >= 0.6 is 11.8 Å². The summed E-state index contributed by atoms with van der Waals surface area (Å²) in [7, 11) is 0. The molecule has 0 atom stereocenters. The smallest absolute Gasteiger partial charge is 0.230 e. The van der Waals surface area contributed by atoms with Crippen LogP contribution in [0, 0.1) is 0 Å². The molecule has 3 aromatic rings. The second-order valence-electron chi connectivity index (χ2n) is 6.30. The van der Waals surface area contributed by atoms with Gasteiger partial charge in [-0.25, -0.2) is 9.50 Å². The van der Waals surface area contributed by atoms with E-state index >= 15 is 0 Å². The van der Waals surface area contributed by atoms with Crippen LogP contribution in [-0.2, 0) is 4.79 Å². The molecule has 2 heterocycles. The molecule has 0 bridgehead atoms. The van der Waals surface area contributed by atoms with E-state index in [1.807, 2.05) is 48.7 Å². The highest BCUT2D eigenvalue weighted by Gasteiger charge is 2.17. The Labute approximate surface area is 150 Å². The molecule has 1 N–H and O–H groups in total. The lowest BCUT2D eigenvalue weighted by atomic mass is 10.2. The SMILES string of the molecule is O=C(CSc1ccc2nc(-c3ccccc3)cn2n1)NC1CCCC1. The number of carbonyl (C=O) groups excluding carboxylic acids is 1. The third kappa shape index (κ3) is 3.85. The molecule has 0 radical (unpaired) electrons. The lowest BCUT2D eigenvalue weighted by Gasteiger charge is -2.11. The molecule has 25 heavy (non-hydrogen) atoms. The van der Waals surface area contributed by atoms with Crippen molar-refractivity contribution in [2.45, 2.75) is 36.8 Å². The molecule has 1 aliphatic rings. The van der Waals surface area contributed by atoms with Crippen molar-refractivity contribution in [1.82, 2.24) is 19.9 Å². The number of aromatic nitrogens is 3. The van der Waals surface area contributed by atoms with Gasteiger partial charge in [-0.1, -0.05) is 54.9 Å². The summed E-state index contributed by atoms with van der Waals surface area (Å²) < 4.78 is 1.78. The number of rotatable bonds is 5. The van der Waals surface area contributed by atoms with E-state index in [4.69, 9.17) is 0 Å². The molecule has 1 amide bonds. The number of benzene rings is 1. The summed E-state index contributed by atoms with van der Waals surface area (Å²) in [6.45, 7) is 0. The van der Waals surface area contributed by atoms with Crippen LogP contribution in [0.4, 0.5) is 0 Å². The Hall–Kier alpha value is -2.34. The highest BCUT2D eigenvalue weighted by molar-refractivity contribution is 7.99. The standard InChI is InChI=1S/C19H20N4OS/c24-18(20-15-8-4-5-9-15)13-25-19-11-10-17-21-16(12-23(17)22-19)14-6-2-1-3-7-14/h1-3,6-7,10-12,15H,4-5,8-9,13H2,(H,20,24). The lowest BCUT2D eigenvalue weighted by Crippen LogP contribution is -2.33. The molecule has 2 aromatic heterocycles. The van der Waals surface area contributed by atoms with Crippen molar-refractivity contribution in [3.05, 3.63) is 48.7 Å². The van der Waals surface area contributed by atoms with Gasteiger partial charge in [0.2, 0.25) is 5.91 Å². The lowest BCUT2D eigenvalue weighted by molar-refractivity contribution is -0.119. The largest absolute Gasteiger partial charge is 0.353 e. The van der Waals surface area contributed by atoms with Gasteiger partial charge in [-0.2, -0.15) is 5.10 Å². The summed E-state index contributed by atoms with van der Waals surface area (Å²) in [5, 5.41) is 8.49. The van der Waals surface area contributed by atoms with E-state index in [9.17, 15) is 4.79 Å². The maximum atomic E-state index is 12.0. The number of carbonyl (C=O) groups is 1. The topological polar surface area (TPSA) is 59.3 Å². The average Bonchev–Trinajstić information content (AvgIpc) is 3.29. The molecule has 0 saturated heterocycles. The Balaban J connectivity index is 1.43. The number of nitrogens with zero attached hydrogens (tertiary/aromatic N) is 3. The second-order valence-corrected chi connectivity index (χ2v) is 7.30. The maximum absolute atomic E-state index is 12.0. The van der Waals surface area contributed by atoms with Crippen LogP contribution in [0.5, 0.6) is 0 Å². The first-order valence-corrected chi connectivity index (χ1v) is 9.60. The van der Waals surface area contributed by atoms with Gasteiger partial charge in [-0.15, -0.1) is 0 Å². The van der Waals surface area contributed by atoms with E-state index in [1.165, 1.54) is 24.6 Å². The summed E-state index contributed by atoms with van der Waals surface area (Å²) in [5.74, 6) is 0.490. The van der Waals surface area contributed by atoms with Crippen LogP contribution < -0.4 is 5.32 Å². The fourth-order valence-electron chi connectivity index (χ4n) is 3.17. The molecule has 5 nitrogen and oxygen atoms in total. The van der Waals surface area contributed by atoms with Crippen molar-refractivity contribution in [3.63, 3.8) is 0 Å². The predicted molar refractivity (Wildman–Crippen MR) is 99.5 cm³/mol. The van der Waals surface area contributed by atoms with Gasteiger partial charge in [0.25, 0.3) is 0 Å². The predicted octanol–water partition coefficient (Wildman–Crippen LogP) is 3.55. The van der Waals surface area contributed by atoms with E-state index in [0.717, 1.165) is 34.8 Å². The van der Waals surface area contributed by atoms with Crippen molar-refractivity contribution >= 4 is 23.3 Å². The average molecular weight is 352 g/mol. The van der Waals surface area contributed by atoms with Gasteiger partial charge in [0, 0.05) is 11.6 Å². The van der Waals surface area contributed by atoms with Gasteiger partial charge in [0.1, 0.15) is 5.03 Å². The van der Waals surface area contributed by atoms with Gasteiger partial charge in [-0.05, 0) is 25.0 Å². The maximum Gasteiger partial charge on any atom is 0.230 e. The zero-order valence-electron chi connectivity index (χ0n) is 13.9. The van der Waals surface area contributed by atoms with E-state index in [-0.39, 0.29) is 5.91 Å². The monoisotopic (exact) mass is 352 g/mol. The molecule has 128 valence electrons. The van der Waals surface area contributed by atoms with Crippen molar-refractivity contribution in [2.24, 2.45) is 0 Å². The molecule has 0 unspecified atom stereocenters. The second kappa shape index (κ2) is 7.27. The number of nitrogens with one attached hydrogen (secondary N) is 1. The molecule has 4 rings (SSSR count). The first kappa shape index (κ1) is 16.1. The number of hydrogen-bond donors (Lipinski definition) is 1. The third-order valence-electron chi connectivity index (χ3n) is 4.44. The van der Waals surface area contributed by atoms with Crippen molar-refractivity contribution < 1.29 is 4.79 Å². The number of fused-ring (bicyclic) bond motifs is 1. The fraction of sp³-hybridized carbons (Fsp3) is 0.316. The van der Waals surface area contributed by atoms with Gasteiger partial charge in [0.15, 0.2) is 5.65 Å². The molecule has 6 heteroatoms. The Bertz CT molecular complexity index is 872. The van der Waals surface area contributed by atoms with Gasteiger partial charge >= 0.3 is 0 Å². The summed E-state index contributed by atoms with van der Waals surface area (Å²) in [5.41, 5.74) is 2.77. The number of thioether (sulfide) groups is 1. The Morgan fingerprint density at radius 3 is 2.76 bits per heavy atom. The van der Waals surface area contributed by atoms with E-state index < -0.39 is 0 Å². The highest BCUT2D eigenvalue weighted by atomic mass is 32.2. The van der Waals surface area contributed by atoms with Crippen molar-refractivity contribution in [1.29, 1.82) is 0 Å². The number of imidazole rings is 1. The zero-order chi connectivity index (χ0) is 17.1. The van der Waals surface area contributed by atoms with Crippen LogP contribution in [0.3, 0.4) is 0 Å². The van der Waals surface area contributed by atoms with Gasteiger partial charge in [-0.3, -0.25) is 4.79 Å². The third-order valence-corrected chi connectivity index (χ3v) is 5.36. The number of amides is 1. The zero-order valence-corrected chi connectivity index (χ0v) is 14.7. The molecule has 1 saturated carbocycles. The van der Waals surface area contributed by atoms with Gasteiger partial charge < -0.3 is 5.32 Å². The van der Waals surface area contributed by atoms with Gasteiger partial charge in [0.05, 0.1) is 17.6 Å². The Morgan fingerprint density at radius 2 is 1.96 bits per heavy atom.